The second-order valence-corrected chi connectivity index (χ2v) is 18.8. The first kappa shape index (κ1) is 63.9. The summed E-state index contributed by atoms with van der Waals surface area (Å²) in [4.78, 5) is 37.6. The molecule has 0 amide bonds. The highest BCUT2D eigenvalue weighted by Gasteiger charge is 2.21. The Kier molecular flexibility index (Phi) is 45.0. The Morgan fingerprint density at radius 2 is 0.838 bits per heavy atom. The summed E-state index contributed by atoms with van der Waals surface area (Å²) in [5.41, 5.74) is 0. The molecule has 0 aliphatic carbocycles. The van der Waals surface area contributed by atoms with E-state index >= 15 is 0 Å². The highest BCUT2D eigenvalue weighted by Crippen LogP contribution is 2.38. The molecular weight excluding hydrogens is 870 g/mol. The second-order valence-electron chi connectivity index (χ2n) is 17.4. The van der Waals surface area contributed by atoms with Crippen LogP contribution in [0.5, 0.6) is 0 Å². The lowest BCUT2D eigenvalue weighted by Gasteiger charge is -2.28. The Balaban J connectivity index is 4.36. The largest absolute Gasteiger partial charge is 0.756 e. The molecule has 0 saturated carbocycles. The molecule has 0 aromatic rings. The van der Waals surface area contributed by atoms with Gasteiger partial charge in [0.25, 0.3) is 7.82 Å². The molecule has 0 heterocycles. The summed E-state index contributed by atoms with van der Waals surface area (Å²) >= 11 is 0. The Morgan fingerprint density at radius 1 is 0.471 bits per heavy atom. The monoisotopic (exact) mass is 962 g/mol. The van der Waals surface area contributed by atoms with E-state index in [1.165, 1.54) is 12.8 Å². The molecule has 0 saturated heterocycles. The Morgan fingerprint density at radius 3 is 1.25 bits per heavy atom. The summed E-state index contributed by atoms with van der Waals surface area (Å²) in [6, 6.07) is 0. The van der Waals surface area contributed by atoms with Gasteiger partial charge in [0.05, 0.1) is 34.2 Å². The molecule has 0 N–H and O–H groups in total. The number of phosphoric acid groups is 1. The summed E-state index contributed by atoms with van der Waals surface area (Å²) in [5.74, 6) is -1.01. The third-order valence-electron chi connectivity index (χ3n) is 9.89. The van der Waals surface area contributed by atoms with Crippen molar-refractivity contribution >= 4 is 19.8 Å². The van der Waals surface area contributed by atoms with Gasteiger partial charge in [-0.1, -0.05) is 192 Å². The van der Waals surface area contributed by atoms with E-state index in [-0.39, 0.29) is 26.1 Å². The zero-order valence-corrected chi connectivity index (χ0v) is 43.9. The molecule has 0 bridgehead atoms. The molecule has 382 valence electrons. The second kappa shape index (κ2) is 47.9. The fraction of sp³-hybridized carbons (Fsp3) is 0.552. The number of esters is 2. The van der Waals surface area contributed by atoms with Gasteiger partial charge in [0.2, 0.25) is 0 Å². The van der Waals surface area contributed by atoms with Gasteiger partial charge < -0.3 is 27.9 Å². The Bertz CT molecular complexity index is 1650. The maximum Gasteiger partial charge on any atom is 0.309 e. The first-order valence-corrected chi connectivity index (χ1v) is 27.0. The molecule has 0 radical (unpaired) electrons. The predicted octanol–water partition coefficient (Wildman–Crippen LogP) is 14.9. The van der Waals surface area contributed by atoms with E-state index in [1.54, 1.807) is 6.08 Å². The highest BCUT2D eigenvalue weighted by molar-refractivity contribution is 7.45. The van der Waals surface area contributed by atoms with Crippen LogP contribution < -0.4 is 4.89 Å². The lowest BCUT2D eigenvalue weighted by atomic mass is 10.1. The number of likely N-dealkylation sites (N-methyl/N-ethyl adjacent to an activating group) is 1. The van der Waals surface area contributed by atoms with Crippen LogP contribution in [0.1, 0.15) is 155 Å². The summed E-state index contributed by atoms with van der Waals surface area (Å²) in [6.07, 6.45) is 70.6. The predicted molar refractivity (Wildman–Crippen MR) is 286 cm³/mol. The van der Waals surface area contributed by atoms with Crippen LogP contribution in [-0.4, -0.2) is 70.0 Å². The minimum Gasteiger partial charge on any atom is -0.756 e. The Labute approximate surface area is 414 Å². The molecule has 9 nitrogen and oxygen atoms in total. The lowest BCUT2D eigenvalue weighted by molar-refractivity contribution is -0.870. The van der Waals surface area contributed by atoms with Crippen molar-refractivity contribution in [2.75, 3.05) is 47.5 Å². The average Bonchev–Trinajstić information content (AvgIpc) is 3.30. The number of allylic oxidation sites excluding steroid dienone is 23. The summed E-state index contributed by atoms with van der Waals surface area (Å²) in [7, 11) is 1.08. The quantitative estimate of drug-likeness (QED) is 0.0195. The summed E-state index contributed by atoms with van der Waals surface area (Å²) < 4.78 is 33.9. The first-order valence-electron chi connectivity index (χ1n) is 25.5. The normalized spacial score (nSPS) is 14.6. The molecule has 0 spiro atoms. The van der Waals surface area contributed by atoms with Gasteiger partial charge in [-0.05, 0) is 96.3 Å². The molecule has 68 heavy (non-hydrogen) atoms. The van der Waals surface area contributed by atoms with E-state index in [2.05, 4.69) is 141 Å². The van der Waals surface area contributed by atoms with E-state index in [0.29, 0.717) is 23.9 Å². The van der Waals surface area contributed by atoms with Crippen LogP contribution in [0.3, 0.4) is 0 Å². The zero-order valence-electron chi connectivity index (χ0n) is 43.0. The zero-order chi connectivity index (χ0) is 49.9. The maximum atomic E-state index is 12.7. The number of carbonyl (C=O) groups is 2. The van der Waals surface area contributed by atoms with Crippen molar-refractivity contribution in [3.63, 3.8) is 0 Å². The number of quaternary nitrogens is 1. The molecule has 10 heteroatoms. The number of unbranched alkanes of at least 4 members (excludes halogenated alkanes) is 7. The molecule has 0 fully saturated rings. The average molecular weight is 962 g/mol. The molecule has 0 rings (SSSR count). The van der Waals surface area contributed by atoms with Crippen molar-refractivity contribution in [3.05, 3.63) is 146 Å². The van der Waals surface area contributed by atoms with Gasteiger partial charge in [0, 0.05) is 6.42 Å². The van der Waals surface area contributed by atoms with Crippen LogP contribution >= 0.6 is 7.82 Å². The molecule has 2 atom stereocenters. The van der Waals surface area contributed by atoms with Gasteiger partial charge in [-0.15, -0.1) is 0 Å². The van der Waals surface area contributed by atoms with Crippen LogP contribution in [0.4, 0.5) is 0 Å². The third kappa shape index (κ3) is 51.3. The van der Waals surface area contributed by atoms with E-state index in [1.807, 2.05) is 33.3 Å². The van der Waals surface area contributed by atoms with Gasteiger partial charge in [-0.3, -0.25) is 14.2 Å². The lowest BCUT2D eigenvalue weighted by Crippen LogP contribution is -2.37. The smallest absolute Gasteiger partial charge is 0.309 e. The van der Waals surface area contributed by atoms with Crippen molar-refractivity contribution < 1.29 is 42.1 Å². The van der Waals surface area contributed by atoms with Crippen molar-refractivity contribution in [2.45, 2.75) is 161 Å². The van der Waals surface area contributed by atoms with Crippen molar-refractivity contribution in [3.8, 4) is 0 Å². The number of ether oxygens (including phenoxy) is 2. The molecular formula is C58H92NO8P. The van der Waals surface area contributed by atoms with Gasteiger partial charge in [0.15, 0.2) is 6.10 Å². The van der Waals surface area contributed by atoms with Crippen molar-refractivity contribution in [1.29, 1.82) is 0 Å². The molecule has 0 aromatic carbocycles. The third-order valence-corrected chi connectivity index (χ3v) is 10.9. The van der Waals surface area contributed by atoms with Crippen molar-refractivity contribution in [1.82, 2.24) is 0 Å². The maximum absolute atomic E-state index is 12.7. The van der Waals surface area contributed by atoms with E-state index < -0.39 is 32.5 Å². The minimum atomic E-state index is -4.67. The van der Waals surface area contributed by atoms with Crippen molar-refractivity contribution in [2.24, 2.45) is 0 Å². The van der Waals surface area contributed by atoms with E-state index in [4.69, 9.17) is 18.5 Å². The highest BCUT2D eigenvalue weighted by atomic mass is 31.2. The fourth-order valence-electron chi connectivity index (χ4n) is 6.00. The number of rotatable bonds is 44. The number of hydrogen-bond donors (Lipinski definition) is 0. The number of phosphoric ester groups is 1. The van der Waals surface area contributed by atoms with E-state index in [0.717, 1.165) is 103 Å². The fourth-order valence-corrected chi connectivity index (χ4v) is 6.73. The molecule has 2 unspecified atom stereocenters. The summed E-state index contributed by atoms with van der Waals surface area (Å²) in [6.45, 7) is 3.84. The summed E-state index contributed by atoms with van der Waals surface area (Å²) in [5, 5.41) is 0. The molecule has 0 aliphatic rings. The van der Waals surface area contributed by atoms with Crippen LogP contribution in [0, 0.1) is 0 Å². The topological polar surface area (TPSA) is 111 Å². The number of nitrogens with zero attached hydrogens (tertiary/aromatic N) is 1. The SMILES string of the molecule is CC/C=C\C/C=C\C/C=C\C/C=C\C/C=C\C/C=C\C/C=C\CCCCCCCCCC(=O)OC(COC(=O)C/C=C\C/C=C\C/C=C\C/C=C\C/C=C\CC)COP(=O)([O-])OCC[N+](C)(C)C. The number of hydrogen-bond acceptors (Lipinski definition) is 8. The molecule has 0 aliphatic heterocycles. The minimum absolute atomic E-state index is 0.0328. The van der Waals surface area contributed by atoms with Gasteiger partial charge in [0.1, 0.15) is 19.8 Å². The van der Waals surface area contributed by atoms with Gasteiger partial charge >= 0.3 is 11.9 Å². The van der Waals surface area contributed by atoms with Crippen LogP contribution in [-0.2, 0) is 32.7 Å². The first-order chi connectivity index (χ1) is 33.0. The van der Waals surface area contributed by atoms with Gasteiger partial charge in [-0.2, -0.15) is 0 Å². The number of carbonyl (C=O) groups excluding carboxylic acids is 2. The standard InChI is InChI=1S/C58H92NO8P/c1-6-8-10-12-14-16-18-20-22-23-24-25-26-27-28-29-30-31-32-33-34-35-37-39-41-43-45-47-49-51-58(61)67-56(55-66-68(62,63)65-53-52-59(3,4)5)54-64-57(60)50-48-46-44-42-40-38-36-21-19-17-15-13-11-9-7-2/h8-11,14-17,20-22,24-25,27-28,30-31,33-34,36,40,42,46,48,56H,6-7,12-13,18-19,23,26,29,32,35,37-39,41,43-45,47,49-55H2,1-5H3/b10-8-,11-9-,16-14-,17-15-,22-20-,25-24-,28-27-,31-30-,34-33-,36-21-,42-40-,48-46-. The van der Waals surface area contributed by atoms with Crippen LogP contribution in [0.2, 0.25) is 0 Å². The molecule has 0 aromatic heterocycles. The van der Waals surface area contributed by atoms with Crippen LogP contribution in [0.15, 0.2) is 146 Å². The van der Waals surface area contributed by atoms with Gasteiger partial charge in [-0.25, -0.2) is 0 Å². The van der Waals surface area contributed by atoms with Crippen LogP contribution in [0.25, 0.3) is 0 Å². The Hall–Kier alpha value is -4.11. The van der Waals surface area contributed by atoms with E-state index in [9.17, 15) is 19.0 Å².